The topological polar surface area (TPSA) is 72.3 Å². The summed E-state index contributed by atoms with van der Waals surface area (Å²) in [5.41, 5.74) is 4.27. The number of carbonyl (C=O) groups excluding carboxylic acids is 1. The van der Waals surface area contributed by atoms with Gasteiger partial charge in [0.1, 0.15) is 11.6 Å². The number of hydrogen-bond donors (Lipinski definition) is 1. The number of fused-ring (bicyclic) bond motifs is 1. The van der Waals surface area contributed by atoms with E-state index in [-0.39, 0.29) is 11.3 Å². The van der Waals surface area contributed by atoms with Gasteiger partial charge in [-0.2, -0.15) is 4.98 Å². The van der Waals surface area contributed by atoms with E-state index in [0.717, 1.165) is 0 Å². The summed E-state index contributed by atoms with van der Waals surface area (Å²) in [7, 11) is 0. The average molecular weight is 435 g/mol. The van der Waals surface area contributed by atoms with Gasteiger partial charge in [0, 0.05) is 30.4 Å². The number of ether oxygens (including phenoxy) is 1. The van der Waals surface area contributed by atoms with Crippen LogP contribution in [0, 0.1) is 11.6 Å². The summed E-state index contributed by atoms with van der Waals surface area (Å²) in [5.74, 6) is -1.18. The fraction of sp³-hybridized carbons (Fsp3) is 0.174. The monoisotopic (exact) mass is 435 g/mol. The Morgan fingerprint density at radius 2 is 1.78 bits per heavy atom. The predicted molar refractivity (Wildman–Crippen MR) is 115 cm³/mol. The first-order valence-corrected chi connectivity index (χ1v) is 10.1. The molecule has 162 valence electrons. The molecule has 0 saturated carbocycles. The summed E-state index contributed by atoms with van der Waals surface area (Å²) < 4.78 is 34.9. The highest BCUT2D eigenvalue weighted by Gasteiger charge is 2.22. The molecule has 0 atom stereocenters. The number of rotatable bonds is 5. The maximum Gasteiger partial charge on any atom is 0.239 e. The van der Waals surface area contributed by atoms with E-state index in [1.165, 1.54) is 30.3 Å². The molecule has 9 heteroatoms. The molecular weight excluding hydrogens is 416 g/mol. The molecular formula is C23H19F2N5O2. The number of hydrogen-bond acceptors (Lipinski definition) is 6. The minimum atomic E-state index is -0.617. The molecule has 0 amide bonds. The lowest BCUT2D eigenvalue weighted by molar-refractivity contribution is 0.0493. The molecule has 0 radical (unpaired) electrons. The summed E-state index contributed by atoms with van der Waals surface area (Å²) in [6.07, 6.45) is 1.60. The molecule has 0 spiro atoms. The number of ketones is 1. The van der Waals surface area contributed by atoms with E-state index in [9.17, 15) is 13.6 Å². The van der Waals surface area contributed by atoms with Gasteiger partial charge in [0.05, 0.1) is 24.5 Å². The third-order valence-electron chi connectivity index (χ3n) is 5.25. The fourth-order valence-corrected chi connectivity index (χ4v) is 3.66. The lowest BCUT2D eigenvalue weighted by Gasteiger charge is -2.26. The Balaban J connectivity index is 1.64. The Hall–Kier alpha value is -3.69. The zero-order chi connectivity index (χ0) is 22.1. The highest BCUT2D eigenvalue weighted by atomic mass is 19.1. The molecule has 3 heterocycles. The largest absolute Gasteiger partial charge is 0.379 e. The van der Waals surface area contributed by atoms with E-state index < -0.39 is 17.4 Å². The van der Waals surface area contributed by atoms with Gasteiger partial charge in [-0.3, -0.25) is 14.8 Å². The van der Waals surface area contributed by atoms with Gasteiger partial charge in [0.15, 0.2) is 5.65 Å². The molecule has 1 saturated heterocycles. The SMILES string of the molecule is O=C(c1ccccc1F)c1cc2cnc(NN3CCOCC3)nc2n1-c1ccc(F)cc1. The van der Waals surface area contributed by atoms with Crippen LogP contribution in [0.25, 0.3) is 16.7 Å². The van der Waals surface area contributed by atoms with Crippen LogP contribution in [0.5, 0.6) is 0 Å². The average Bonchev–Trinajstić information content (AvgIpc) is 3.19. The Labute approximate surface area is 182 Å². The number of morpholine rings is 1. The van der Waals surface area contributed by atoms with Gasteiger partial charge in [0.2, 0.25) is 11.7 Å². The van der Waals surface area contributed by atoms with Gasteiger partial charge < -0.3 is 4.74 Å². The number of nitrogens with one attached hydrogen (secondary N) is 1. The van der Waals surface area contributed by atoms with Gasteiger partial charge >= 0.3 is 0 Å². The summed E-state index contributed by atoms with van der Waals surface area (Å²) in [6.45, 7) is 2.56. The maximum atomic E-state index is 14.4. The normalized spacial score (nSPS) is 14.6. The predicted octanol–water partition coefficient (Wildman–Crippen LogP) is 3.59. The molecule has 2 aromatic carbocycles. The lowest BCUT2D eigenvalue weighted by atomic mass is 10.1. The van der Waals surface area contributed by atoms with Crippen molar-refractivity contribution >= 4 is 22.8 Å². The molecule has 5 rings (SSSR count). The Kier molecular flexibility index (Phi) is 5.34. The van der Waals surface area contributed by atoms with E-state index in [0.29, 0.717) is 49.0 Å². The van der Waals surface area contributed by atoms with Crippen molar-refractivity contribution < 1.29 is 18.3 Å². The number of hydrazine groups is 1. The van der Waals surface area contributed by atoms with Gasteiger partial charge in [-0.05, 0) is 42.5 Å². The number of aromatic nitrogens is 3. The fourth-order valence-electron chi connectivity index (χ4n) is 3.66. The van der Waals surface area contributed by atoms with E-state index in [1.54, 1.807) is 35.0 Å². The van der Waals surface area contributed by atoms with Crippen LogP contribution in [0.2, 0.25) is 0 Å². The van der Waals surface area contributed by atoms with Gasteiger partial charge in [-0.15, -0.1) is 0 Å². The first-order chi connectivity index (χ1) is 15.6. The summed E-state index contributed by atoms with van der Waals surface area (Å²) in [4.78, 5) is 22.2. The molecule has 1 aliphatic heterocycles. The van der Waals surface area contributed by atoms with E-state index in [2.05, 4.69) is 15.4 Å². The third-order valence-corrected chi connectivity index (χ3v) is 5.25. The van der Waals surface area contributed by atoms with Crippen molar-refractivity contribution in [3.63, 3.8) is 0 Å². The number of anilines is 1. The van der Waals surface area contributed by atoms with E-state index in [1.807, 2.05) is 5.01 Å². The molecule has 7 nitrogen and oxygen atoms in total. The molecule has 2 aromatic heterocycles. The summed E-state index contributed by atoms with van der Waals surface area (Å²) >= 11 is 0. The van der Waals surface area contributed by atoms with Crippen LogP contribution >= 0.6 is 0 Å². The zero-order valence-corrected chi connectivity index (χ0v) is 17.0. The Morgan fingerprint density at radius 1 is 1.03 bits per heavy atom. The molecule has 0 bridgehead atoms. The minimum Gasteiger partial charge on any atom is -0.379 e. The van der Waals surface area contributed by atoms with Crippen LogP contribution in [0.4, 0.5) is 14.7 Å². The number of carbonyl (C=O) groups is 1. The number of halogens is 2. The quantitative estimate of drug-likeness (QED) is 0.483. The second-order valence-corrected chi connectivity index (χ2v) is 7.33. The third kappa shape index (κ3) is 3.83. The van der Waals surface area contributed by atoms with Crippen molar-refractivity contribution in [3.8, 4) is 5.69 Å². The molecule has 1 fully saturated rings. The first kappa shape index (κ1) is 20.2. The molecule has 32 heavy (non-hydrogen) atoms. The molecule has 0 unspecified atom stereocenters. The van der Waals surface area contributed by atoms with Gasteiger partial charge in [0.25, 0.3) is 0 Å². The van der Waals surface area contributed by atoms with Gasteiger partial charge in [-0.25, -0.2) is 18.8 Å². The Bertz CT molecular complexity index is 1280. The summed E-state index contributed by atoms with van der Waals surface area (Å²) in [6, 6.07) is 13.1. The molecule has 1 N–H and O–H groups in total. The standard InChI is InChI=1S/C23H19F2N5O2/c24-16-5-7-17(8-6-16)30-20(21(31)18-3-1-2-4-19(18)25)13-15-14-26-23(27-22(15)30)28-29-9-11-32-12-10-29/h1-8,13-14H,9-12H2,(H,26,27,28). The van der Waals surface area contributed by atoms with Crippen LogP contribution in [-0.2, 0) is 4.74 Å². The highest BCUT2D eigenvalue weighted by molar-refractivity contribution is 6.11. The molecule has 1 aliphatic rings. The zero-order valence-electron chi connectivity index (χ0n) is 17.0. The highest BCUT2D eigenvalue weighted by Crippen LogP contribution is 2.26. The smallest absolute Gasteiger partial charge is 0.239 e. The van der Waals surface area contributed by atoms with Crippen molar-refractivity contribution in [1.82, 2.24) is 19.5 Å². The first-order valence-electron chi connectivity index (χ1n) is 10.1. The van der Waals surface area contributed by atoms with Crippen molar-refractivity contribution in [2.24, 2.45) is 0 Å². The van der Waals surface area contributed by atoms with Gasteiger partial charge in [-0.1, -0.05) is 12.1 Å². The second-order valence-electron chi connectivity index (χ2n) is 7.33. The summed E-state index contributed by atoms with van der Waals surface area (Å²) in [5, 5.41) is 2.54. The Morgan fingerprint density at radius 3 is 2.53 bits per heavy atom. The van der Waals surface area contributed by atoms with Crippen LogP contribution < -0.4 is 5.43 Å². The second kappa shape index (κ2) is 8.45. The maximum absolute atomic E-state index is 14.4. The molecule has 0 aliphatic carbocycles. The van der Waals surface area contributed by atoms with E-state index in [4.69, 9.17) is 4.74 Å². The number of benzene rings is 2. The van der Waals surface area contributed by atoms with E-state index >= 15 is 0 Å². The van der Waals surface area contributed by atoms with Crippen LogP contribution in [0.1, 0.15) is 16.1 Å². The van der Waals surface area contributed by atoms with Crippen molar-refractivity contribution in [2.75, 3.05) is 31.7 Å². The van der Waals surface area contributed by atoms with Crippen molar-refractivity contribution in [1.29, 1.82) is 0 Å². The molecule has 4 aromatic rings. The van der Waals surface area contributed by atoms with Crippen LogP contribution in [0.3, 0.4) is 0 Å². The van der Waals surface area contributed by atoms with Crippen molar-refractivity contribution in [3.05, 3.63) is 83.7 Å². The van der Waals surface area contributed by atoms with Crippen molar-refractivity contribution in [2.45, 2.75) is 0 Å². The van der Waals surface area contributed by atoms with Crippen LogP contribution in [-0.4, -0.2) is 51.6 Å². The van der Waals surface area contributed by atoms with Crippen LogP contribution in [0.15, 0.2) is 60.8 Å². The lowest BCUT2D eigenvalue weighted by Crippen LogP contribution is -2.40. The minimum absolute atomic E-state index is 0.0571. The number of nitrogens with zero attached hydrogens (tertiary/aromatic N) is 4.